The Hall–Kier alpha value is -2.79. The van der Waals surface area contributed by atoms with Crippen LogP contribution in [0.1, 0.15) is 24.8 Å². The lowest BCUT2D eigenvalue weighted by Crippen LogP contribution is -2.42. The van der Waals surface area contributed by atoms with Crippen LogP contribution in [-0.2, 0) is 11.3 Å². The van der Waals surface area contributed by atoms with Gasteiger partial charge in [-0.2, -0.15) is 0 Å². The van der Waals surface area contributed by atoms with Crippen molar-refractivity contribution in [1.82, 2.24) is 0 Å². The number of anilines is 3. The zero-order valence-electron chi connectivity index (χ0n) is 14.8. The van der Waals surface area contributed by atoms with Crippen LogP contribution in [-0.4, -0.2) is 18.6 Å². The highest BCUT2D eigenvalue weighted by Gasteiger charge is 2.23. The number of nitrogens with one attached hydrogen (secondary N) is 1. The first kappa shape index (κ1) is 16.7. The monoisotopic (exact) mass is 348 g/mol. The van der Waals surface area contributed by atoms with E-state index in [1.807, 2.05) is 29.2 Å². The van der Waals surface area contributed by atoms with Gasteiger partial charge in [-0.15, -0.1) is 0 Å². The predicted octanol–water partition coefficient (Wildman–Crippen LogP) is 3.43. The fourth-order valence-electron chi connectivity index (χ4n) is 3.46. The Morgan fingerprint density at radius 1 is 1.08 bits per heavy atom. The Morgan fingerprint density at radius 3 is 2.58 bits per heavy atom. The highest BCUT2D eigenvalue weighted by atomic mass is 16.2. The molecule has 134 valence electrons. The van der Waals surface area contributed by atoms with Crippen molar-refractivity contribution in [3.05, 3.63) is 66.4 Å². The largest absolute Gasteiger partial charge is 0.362 e. The Bertz CT molecular complexity index is 815. The van der Waals surface area contributed by atoms with Crippen LogP contribution in [0.15, 0.2) is 60.8 Å². The maximum absolute atomic E-state index is 12.1. The third-order valence-corrected chi connectivity index (χ3v) is 4.99. The van der Waals surface area contributed by atoms with Gasteiger partial charge < -0.3 is 20.9 Å². The van der Waals surface area contributed by atoms with Crippen LogP contribution in [0.5, 0.6) is 0 Å². The summed E-state index contributed by atoms with van der Waals surface area (Å²) in [7, 11) is 0. The lowest BCUT2D eigenvalue weighted by molar-refractivity contribution is -0.119. The molecule has 1 saturated heterocycles. The summed E-state index contributed by atoms with van der Waals surface area (Å²) < 4.78 is 0. The first-order chi connectivity index (χ1) is 12.7. The molecule has 1 unspecified atom stereocenters. The summed E-state index contributed by atoms with van der Waals surface area (Å²) in [5.74, 6) is 0.229. The molecule has 2 aromatic rings. The molecule has 0 saturated carbocycles. The summed E-state index contributed by atoms with van der Waals surface area (Å²) in [4.78, 5) is 16.1. The van der Waals surface area contributed by atoms with Gasteiger partial charge in [-0.3, -0.25) is 4.79 Å². The number of hydrogen-bond donors (Lipinski definition) is 2. The quantitative estimate of drug-likeness (QED) is 0.869. The van der Waals surface area contributed by atoms with Crippen LogP contribution in [0.4, 0.5) is 17.1 Å². The number of carbonyl (C=O) groups excluding carboxylic acids is 1. The second kappa shape index (κ2) is 7.22. The molecule has 1 fully saturated rings. The van der Waals surface area contributed by atoms with E-state index in [0.717, 1.165) is 42.0 Å². The van der Waals surface area contributed by atoms with Gasteiger partial charge in [0.15, 0.2) is 0 Å². The lowest BCUT2D eigenvalue weighted by atomic mass is 10.1. The summed E-state index contributed by atoms with van der Waals surface area (Å²) in [5, 5.41) is 3.51. The number of rotatable bonds is 5. The fraction of sp³-hybridized carbons (Fsp3) is 0.286. The SMILES string of the molecule is NCc1cccc(NC2C=CN2c2ccc(N3CCCCC3=O)cc2)c1. The molecule has 2 aromatic carbocycles. The highest BCUT2D eigenvalue weighted by Crippen LogP contribution is 2.29. The van der Waals surface area contributed by atoms with Gasteiger partial charge in [0.2, 0.25) is 5.91 Å². The fourth-order valence-corrected chi connectivity index (χ4v) is 3.46. The number of amides is 1. The molecule has 0 spiro atoms. The van der Waals surface area contributed by atoms with Gasteiger partial charge in [0.1, 0.15) is 6.17 Å². The minimum atomic E-state index is 0.116. The van der Waals surface area contributed by atoms with Crippen molar-refractivity contribution in [2.75, 3.05) is 21.7 Å². The molecular weight excluding hydrogens is 324 g/mol. The molecule has 5 nitrogen and oxygen atoms in total. The highest BCUT2D eigenvalue weighted by molar-refractivity contribution is 5.94. The van der Waals surface area contributed by atoms with E-state index in [2.05, 4.69) is 46.8 Å². The van der Waals surface area contributed by atoms with E-state index in [1.165, 1.54) is 0 Å². The second-order valence-electron chi connectivity index (χ2n) is 6.76. The maximum Gasteiger partial charge on any atom is 0.226 e. The van der Waals surface area contributed by atoms with Crippen LogP contribution in [0.3, 0.4) is 0 Å². The number of carbonyl (C=O) groups is 1. The van der Waals surface area contributed by atoms with Crippen molar-refractivity contribution < 1.29 is 4.79 Å². The smallest absolute Gasteiger partial charge is 0.226 e. The van der Waals surface area contributed by atoms with Gasteiger partial charge in [0.25, 0.3) is 0 Å². The lowest BCUT2D eigenvalue weighted by Gasteiger charge is -2.37. The molecule has 26 heavy (non-hydrogen) atoms. The molecule has 1 amide bonds. The van der Waals surface area contributed by atoms with Crippen LogP contribution in [0.2, 0.25) is 0 Å². The zero-order valence-corrected chi connectivity index (χ0v) is 14.8. The zero-order chi connectivity index (χ0) is 17.9. The van der Waals surface area contributed by atoms with Crippen molar-refractivity contribution >= 4 is 23.0 Å². The van der Waals surface area contributed by atoms with Crippen LogP contribution >= 0.6 is 0 Å². The number of piperidine rings is 1. The molecule has 2 aliphatic rings. The average molecular weight is 348 g/mol. The van der Waals surface area contributed by atoms with E-state index in [0.29, 0.717) is 13.0 Å². The standard InChI is InChI=1S/C21H24N4O/c22-15-16-4-3-5-17(14-16)23-20-11-13-24(20)18-7-9-19(10-8-18)25-12-2-1-6-21(25)26/h3-5,7-11,13-14,20,23H,1-2,6,12,15,22H2. The molecule has 0 radical (unpaired) electrons. The van der Waals surface area contributed by atoms with Crippen molar-refractivity contribution in [2.45, 2.75) is 32.0 Å². The van der Waals surface area contributed by atoms with Gasteiger partial charge in [-0.1, -0.05) is 12.1 Å². The van der Waals surface area contributed by atoms with E-state index in [9.17, 15) is 4.79 Å². The van der Waals surface area contributed by atoms with Crippen molar-refractivity contribution in [1.29, 1.82) is 0 Å². The Kier molecular flexibility index (Phi) is 4.63. The van der Waals surface area contributed by atoms with Gasteiger partial charge >= 0.3 is 0 Å². The Balaban J connectivity index is 1.44. The summed E-state index contributed by atoms with van der Waals surface area (Å²) >= 11 is 0. The van der Waals surface area contributed by atoms with E-state index in [-0.39, 0.29) is 12.1 Å². The third kappa shape index (κ3) is 3.30. The molecule has 0 bridgehead atoms. The summed E-state index contributed by atoms with van der Waals surface area (Å²) in [6, 6.07) is 16.4. The van der Waals surface area contributed by atoms with Gasteiger partial charge in [-0.25, -0.2) is 0 Å². The van der Waals surface area contributed by atoms with Gasteiger partial charge in [0.05, 0.1) is 0 Å². The van der Waals surface area contributed by atoms with E-state index >= 15 is 0 Å². The van der Waals surface area contributed by atoms with Crippen LogP contribution in [0.25, 0.3) is 0 Å². The van der Waals surface area contributed by atoms with Crippen molar-refractivity contribution in [3.63, 3.8) is 0 Å². The summed E-state index contributed by atoms with van der Waals surface area (Å²) in [6.07, 6.45) is 7.04. The van der Waals surface area contributed by atoms with Crippen LogP contribution in [0, 0.1) is 0 Å². The van der Waals surface area contributed by atoms with Crippen LogP contribution < -0.4 is 20.9 Å². The molecule has 4 rings (SSSR count). The Labute approximate surface area is 154 Å². The Morgan fingerprint density at radius 2 is 1.88 bits per heavy atom. The molecule has 2 heterocycles. The molecular formula is C21H24N4O. The maximum atomic E-state index is 12.1. The first-order valence-electron chi connectivity index (χ1n) is 9.17. The van der Waals surface area contributed by atoms with E-state index in [1.54, 1.807) is 0 Å². The normalized spacial score (nSPS) is 19.4. The molecule has 0 aromatic heterocycles. The molecule has 5 heteroatoms. The van der Waals surface area contributed by atoms with E-state index in [4.69, 9.17) is 5.73 Å². The van der Waals surface area contributed by atoms with Gasteiger partial charge in [0, 0.05) is 42.8 Å². The molecule has 0 aliphatic carbocycles. The summed E-state index contributed by atoms with van der Waals surface area (Å²) in [6.45, 7) is 1.36. The van der Waals surface area contributed by atoms with Crippen molar-refractivity contribution in [2.24, 2.45) is 5.73 Å². The average Bonchev–Trinajstić information content (AvgIpc) is 2.67. The number of nitrogens with zero attached hydrogens (tertiary/aromatic N) is 2. The van der Waals surface area contributed by atoms with E-state index < -0.39 is 0 Å². The number of benzene rings is 2. The summed E-state index contributed by atoms with van der Waals surface area (Å²) in [5.41, 5.74) is 9.98. The van der Waals surface area contributed by atoms with Crippen molar-refractivity contribution in [3.8, 4) is 0 Å². The topological polar surface area (TPSA) is 61.6 Å². The molecule has 1 atom stereocenters. The third-order valence-electron chi connectivity index (χ3n) is 4.99. The van der Waals surface area contributed by atoms with Gasteiger partial charge in [-0.05, 0) is 60.9 Å². The molecule has 2 aliphatic heterocycles. The minimum absolute atomic E-state index is 0.116. The second-order valence-corrected chi connectivity index (χ2v) is 6.76. The minimum Gasteiger partial charge on any atom is -0.362 e. The molecule has 3 N–H and O–H groups in total. The first-order valence-corrected chi connectivity index (χ1v) is 9.17. The number of hydrogen-bond acceptors (Lipinski definition) is 4. The number of nitrogens with two attached hydrogens (primary N) is 1. The predicted molar refractivity (Wildman–Crippen MR) is 106 cm³/mol.